The molecule has 0 bridgehead atoms. The molecule has 4 amide bonds. The molecule has 0 saturated carbocycles. The van der Waals surface area contributed by atoms with Crippen LogP contribution in [0.5, 0.6) is 5.75 Å². The smallest absolute Gasteiger partial charge is 0.330 e. The number of para-hydroxylation sites is 1. The van der Waals surface area contributed by atoms with Gasteiger partial charge in [0.25, 0.3) is 5.91 Å². The molecule has 0 aliphatic heterocycles. The van der Waals surface area contributed by atoms with E-state index in [0.717, 1.165) is 5.56 Å². The Morgan fingerprint density at radius 2 is 1.51 bits per heavy atom. The van der Waals surface area contributed by atoms with Crippen LogP contribution in [0.3, 0.4) is 0 Å². The third kappa shape index (κ3) is 14.2. The lowest BCUT2D eigenvalue weighted by Gasteiger charge is -2.26. The number of nitrogens with two attached hydrogens (primary N) is 1. The first-order valence-corrected chi connectivity index (χ1v) is 13.8. The Morgan fingerprint density at radius 3 is 2.09 bits per heavy atom. The van der Waals surface area contributed by atoms with Crippen molar-refractivity contribution >= 4 is 29.6 Å². The van der Waals surface area contributed by atoms with E-state index in [9.17, 15) is 24.0 Å². The Hall–Kier alpha value is -4.67. The molecule has 0 aromatic heterocycles. The number of esters is 1. The standard InChI is InChI=1S/C31H40N4O7.CH4/c1-4-41-28(38)18-16-23(15-17-26(32)36)33-30(39)25(19-22-11-7-5-8-12-22)34-31(40)29(21(2)3)35-27(37)20-42-24-13-9-6-10-14-24;/h5-14,16,18,21,23,25,29H,4,15,17,19-20H2,1-3H3,(H2,32,36)(H,33,39)(H,34,40)(H,35,37);1H4/b18-16+;/t23-,25-,29-;/m0./s1. The summed E-state index contributed by atoms with van der Waals surface area (Å²) in [5.74, 6) is -2.55. The highest BCUT2D eigenvalue weighted by atomic mass is 16.5. The van der Waals surface area contributed by atoms with Crippen LogP contribution in [-0.2, 0) is 35.1 Å². The first-order chi connectivity index (χ1) is 20.1. The van der Waals surface area contributed by atoms with E-state index in [2.05, 4.69) is 16.0 Å². The molecule has 0 saturated heterocycles. The van der Waals surface area contributed by atoms with Crippen LogP contribution in [0, 0.1) is 5.92 Å². The average Bonchev–Trinajstić information content (AvgIpc) is 2.96. The number of benzene rings is 2. The highest BCUT2D eigenvalue weighted by molar-refractivity contribution is 5.93. The van der Waals surface area contributed by atoms with E-state index in [-0.39, 0.29) is 45.8 Å². The van der Waals surface area contributed by atoms with E-state index in [1.165, 1.54) is 12.2 Å². The van der Waals surface area contributed by atoms with Crippen LogP contribution in [0.4, 0.5) is 0 Å². The van der Waals surface area contributed by atoms with E-state index in [0.29, 0.717) is 5.75 Å². The zero-order valence-corrected chi connectivity index (χ0v) is 24.2. The second-order valence-corrected chi connectivity index (χ2v) is 9.87. The van der Waals surface area contributed by atoms with Gasteiger partial charge in [0.05, 0.1) is 6.61 Å². The van der Waals surface area contributed by atoms with Crippen molar-refractivity contribution in [2.75, 3.05) is 13.2 Å². The highest BCUT2D eigenvalue weighted by Crippen LogP contribution is 2.10. The zero-order chi connectivity index (χ0) is 30.9. The van der Waals surface area contributed by atoms with Gasteiger partial charge in [0, 0.05) is 25.0 Å². The molecule has 234 valence electrons. The topological polar surface area (TPSA) is 166 Å². The van der Waals surface area contributed by atoms with Gasteiger partial charge in [-0.2, -0.15) is 0 Å². The Bertz CT molecular complexity index is 1200. The average molecular weight is 597 g/mol. The number of hydrogen-bond donors (Lipinski definition) is 4. The van der Waals surface area contributed by atoms with Crippen molar-refractivity contribution in [1.29, 1.82) is 0 Å². The summed E-state index contributed by atoms with van der Waals surface area (Å²) >= 11 is 0. The molecule has 3 atom stereocenters. The molecule has 0 aliphatic rings. The van der Waals surface area contributed by atoms with Gasteiger partial charge in [0.2, 0.25) is 17.7 Å². The Kier molecular flexibility index (Phi) is 16.4. The summed E-state index contributed by atoms with van der Waals surface area (Å²) in [7, 11) is 0. The van der Waals surface area contributed by atoms with Crippen LogP contribution in [0.25, 0.3) is 0 Å². The Balaban J connectivity index is 0.00000924. The number of carbonyl (C=O) groups excluding carboxylic acids is 5. The maximum absolute atomic E-state index is 13.5. The van der Waals surface area contributed by atoms with Gasteiger partial charge < -0.3 is 31.2 Å². The summed E-state index contributed by atoms with van der Waals surface area (Å²) in [6.45, 7) is 5.10. The molecule has 5 N–H and O–H groups in total. The fraction of sp³-hybridized carbons (Fsp3) is 0.406. The van der Waals surface area contributed by atoms with Crippen molar-refractivity contribution in [3.63, 3.8) is 0 Å². The zero-order valence-electron chi connectivity index (χ0n) is 24.2. The third-order valence-corrected chi connectivity index (χ3v) is 6.07. The maximum atomic E-state index is 13.5. The summed E-state index contributed by atoms with van der Waals surface area (Å²) in [6, 6.07) is 15.2. The van der Waals surface area contributed by atoms with Crippen molar-refractivity contribution < 1.29 is 33.4 Å². The first kappa shape index (κ1) is 36.4. The molecule has 0 unspecified atom stereocenters. The van der Waals surface area contributed by atoms with Gasteiger partial charge in [-0.1, -0.05) is 75.9 Å². The van der Waals surface area contributed by atoms with Crippen LogP contribution in [0.1, 0.15) is 46.6 Å². The second kappa shape index (κ2) is 19.5. The number of amides is 4. The first-order valence-electron chi connectivity index (χ1n) is 13.8. The van der Waals surface area contributed by atoms with Crippen molar-refractivity contribution in [3.05, 3.63) is 78.4 Å². The minimum atomic E-state index is -1.04. The summed E-state index contributed by atoms with van der Waals surface area (Å²) in [4.78, 5) is 62.7. The molecule has 0 aliphatic carbocycles. The molecule has 2 rings (SSSR count). The van der Waals surface area contributed by atoms with E-state index in [1.807, 2.05) is 36.4 Å². The Labute approximate surface area is 253 Å². The van der Waals surface area contributed by atoms with Crippen molar-refractivity contribution in [2.24, 2.45) is 11.7 Å². The van der Waals surface area contributed by atoms with Crippen LogP contribution < -0.4 is 26.4 Å². The predicted octanol–water partition coefficient (Wildman–Crippen LogP) is 2.44. The molecule has 2 aromatic carbocycles. The minimum Gasteiger partial charge on any atom is -0.484 e. The number of carbonyl (C=O) groups is 5. The number of hydrogen-bond acceptors (Lipinski definition) is 7. The molecule has 0 fully saturated rings. The quantitative estimate of drug-likeness (QED) is 0.161. The maximum Gasteiger partial charge on any atom is 0.330 e. The molecular formula is C32H44N4O7. The van der Waals surface area contributed by atoms with E-state index >= 15 is 0 Å². The van der Waals surface area contributed by atoms with Gasteiger partial charge in [-0.05, 0) is 37.0 Å². The fourth-order valence-electron chi connectivity index (χ4n) is 3.92. The molecule has 11 heteroatoms. The number of ether oxygens (including phenoxy) is 2. The SMILES string of the molecule is C.CCOC(=O)/C=C/[C@H](CCC(N)=O)NC(=O)[C@H](Cc1ccccc1)NC(=O)[C@@H](NC(=O)COc1ccccc1)C(C)C. The van der Waals surface area contributed by atoms with Gasteiger partial charge in [0.1, 0.15) is 17.8 Å². The van der Waals surface area contributed by atoms with Crippen LogP contribution in [0.15, 0.2) is 72.8 Å². The lowest BCUT2D eigenvalue weighted by atomic mass is 10.0. The van der Waals surface area contributed by atoms with Crippen LogP contribution in [0.2, 0.25) is 0 Å². The lowest BCUT2D eigenvalue weighted by molar-refractivity contribution is -0.137. The van der Waals surface area contributed by atoms with Crippen molar-refractivity contribution in [2.45, 2.75) is 65.6 Å². The van der Waals surface area contributed by atoms with E-state index in [1.54, 1.807) is 45.0 Å². The largest absolute Gasteiger partial charge is 0.484 e. The summed E-state index contributed by atoms with van der Waals surface area (Å²) < 4.78 is 10.4. The molecule has 0 spiro atoms. The van der Waals surface area contributed by atoms with Crippen LogP contribution in [-0.4, -0.2) is 60.9 Å². The van der Waals surface area contributed by atoms with E-state index in [4.69, 9.17) is 15.2 Å². The number of primary amides is 1. The van der Waals surface area contributed by atoms with Crippen molar-refractivity contribution in [3.8, 4) is 5.75 Å². The molecule has 2 aromatic rings. The summed E-state index contributed by atoms with van der Waals surface area (Å²) in [5, 5.41) is 8.24. The van der Waals surface area contributed by atoms with E-state index < -0.39 is 47.7 Å². The molecule has 43 heavy (non-hydrogen) atoms. The predicted molar refractivity (Wildman–Crippen MR) is 164 cm³/mol. The monoisotopic (exact) mass is 596 g/mol. The lowest BCUT2D eigenvalue weighted by Crippen LogP contribution is -2.57. The molecule has 0 radical (unpaired) electrons. The normalized spacial score (nSPS) is 12.7. The third-order valence-electron chi connectivity index (χ3n) is 6.07. The number of rotatable bonds is 17. The number of nitrogens with one attached hydrogen (secondary N) is 3. The highest BCUT2D eigenvalue weighted by Gasteiger charge is 2.30. The van der Waals surface area contributed by atoms with Crippen molar-refractivity contribution in [1.82, 2.24) is 16.0 Å². The fourth-order valence-corrected chi connectivity index (χ4v) is 3.92. The molecule has 0 heterocycles. The molecule has 11 nitrogen and oxygen atoms in total. The second-order valence-electron chi connectivity index (χ2n) is 9.87. The summed E-state index contributed by atoms with van der Waals surface area (Å²) in [6.07, 6.45) is 2.83. The van der Waals surface area contributed by atoms with Crippen LogP contribution >= 0.6 is 0 Å². The van der Waals surface area contributed by atoms with Gasteiger partial charge in [-0.3, -0.25) is 19.2 Å². The summed E-state index contributed by atoms with van der Waals surface area (Å²) in [5.41, 5.74) is 6.08. The van der Waals surface area contributed by atoms with Gasteiger partial charge >= 0.3 is 5.97 Å². The molecular weight excluding hydrogens is 552 g/mol. The van der Waals surface area contributed by atoms with Gasteiger partial charge in [-0.25, -0.2) is 4.79 Å². The van der Waals surface area contributed by atoms with Gasteiger partial charge in [0.15, 0.2) is 6.61 Å². The Morgan fingerprint density at radius 1 is 0.884 bits per heavy atom. The minimum absolute atomic E-state index is 0. The van der Waals surface area contributed by atoms with Gasteiger partial charge in [-0.15, -0.1) is 0 Å².